The molecule has 0 unspecified atom stereocenters. The predicted molar refractivity (Wildman–Crippen MR) is 19.3 cm³/mol. The van der Waals surface area contributed by atoms with E-state index < -0.39 is 0 Å². The molecular formula is H3N5O4. The first-order valence-corrected chi connectivity index (χ1v) is 1.55. The average molecular weight is 137 g/mol. The van der Waals surface area contributed by atoms with Crippen LogP contribution in [0, 0.1) is 5.53 Å². The highest BCUT2D eigenvalue weighted by Crippen LogP contribution is 1.88. The summed E-state index contributed by atoms with van der Waals surface area (Å²) in [7, 11) is 0. The Morgan fingerprint density at radius 3 is 2.22 bits per heavy atom. The highest BCUT2D eigenvalue weighted by molar-refractivity contribution is 3.92. The van der Waals surface area contributed by atoms with E-state index >= 15 is 0 Å². The molecule has 0 fully saturated rings. The lowest BCUT2D eigenvalue weighted by atomic mass is 12.4. The summed E-state index contributed by atoms with van der Waals surface area (Å²) in [5, 5.41) is 22.7. The second kappa shape index (κ2) is 4.99. The molecule has 0 spiro atoms. The van der Waals surface area contributed by atoms with E-state index in [4.69, 9.17) is 16.0 Å². The number of hydrogen-bond donors (Lipinski definition) is 3. The van der Waals surface area contributed by atoms with Crippen molar-refractivity contribution in [2.45, 2.75) is 0 Å². The van der Waals surface area contributed by atoms with E-state index in [-0.39, 0.29) is 5.34 Å². The van der Waals surface area contributed by atoms with Gasteiger partial charge in [-0.1, -0.05) is 9.98 Å². The summed E-state index contributed by atoms with van der Waals surface area (Å²) >= 11 is 0. The Kier molecular flexibility index (Phi) is 4.34. The summed E-state index contributed by atoms with van der Waals surface area (Å²) in [6.07, 6.45) is 0. The van der Waals surface area contributed by atoms with E-state index in [1.807, 2.05) is 0 Å². The first-order chi connectivity index (χ1) is 4.35. The third-order valence-electron chi connectivity index (χ3n) is 0.297. The van der Waals surface area contributed by atoms with E-state index in [0.29, 0.717) is 0 Å². The third-order valence-corrected chi connectivity index (χ3v) is 0.297. The maximum Gasteiger partial charge on any atom is 0.0501 e. The molecule has 9 heavy (non-hydrogen) atoms. The first kappa shape index (κ1) is 7.84. The SMILES string of the molecule is N=NN=NN(OO)OO. The topological polar surface area (TPSA) is 123 Å². The molecule has 0 aromatic rings. The van der Waals surface area contributed by atoms with Gasteiger partial charge < -0.3 is 0 Å². The van der Waals surface area contributed by atoms with E-state index in [1.165, 1.54) is 0 Å². The summed E-state index contributed by atoms with van der Waals surface area (Å²) in [6.45, 7) is 0. The summed E-state index contributed by atoms with van der Waals surface area (Å²) in [5.41, 5.74) is 6.01. The largest absolute Gasteiger partial charge is 0.224 e. The summed E-state index contributed by atoms with van der Waals surface area (Å²) in [4.78, 5) is 6.32. The minimum Gasteiger partial charge on any atom is -0.224 e. The van der Waals surface area contributed by atoms with Crippen molar-refractivity contribution in [3.05, 3.63) is 0 Å². The van der Waals surface area contributed by atoms with E-state index in [9.17, 15) is 0 Å². The Morgan fingerprint density at radius 2 is 1.89 bits per heavy atom. The lowest BCUT2D eigenvalue weighted by Crippen LogP contribution is -2.13. The van der Waals surface area contributed by atoms with Gasteiger partial charge in [-0.2, -0.15) is 5.53 Å². The zero-order chi connectivity index (χ0) is 7.11. The average Bonchev–Trinajstić information content (AvgIpc) is 1.91. The molecule has 0 aliphatic carbocycles. The number of hydrogen-bond acceptors (Lipinski definition) is 6. The number of nitrogens with one attached hydrogen (secondary N) is 1. The second-order valence-corrected chi connectivity index (χ2v) is 0.680. The van der Waals surface area contributed by atoms with Gasteiger partial charge in [-0.25, -0.2) is 10.5 Å². The van der Waals surface area contributed by atoms with Crippen LogP contribution in [0.25, 0.3) is 0 Å². The van der Waals surface area contributed by atoms with Gasteiger partial charge in [-0.05, 0) is 10.4 Å². The van der Waals surface area contributed by atoms with Crippen LogP contribution in [0.15, 0.2) is 15.7 Å². The van der Waals surface area contributed by atoms with Crippen LogP contribution < -0.4 is 0 Å². The fourth-order valence-corrected chi connectivity index (χ4v) is 0.100. The highest BCUT2D eigenvalue weighted by atomic mass is 17.4. The smallest absolute Gasteiger partial charge is 0.0501 e. The Balaban J connectivity index is 3.53. The molecule has 0 aliphatic heterocycles. The van der Waals surface area contributed by atoms with Gasteiger partial charge in [0.15, 0.2) is 0 Å². The van der Waals surface area contributed by atoms with Gasteiger partial charge in [0, 0.05) is 5.22 Å². The van der Waals surface area contributed by atoms with Crippen molar-refractivity contribution in [2.75, 3.05) is 0 Å². The molecule has 0 rings (SSSR count). The van der Waals surface area contributed by atoms with E-state index in [2.05, 4.69) is 25.6 Å². The van der Waals surface area contributed by atoms with Crippen molar-refractivity contribution in [3.63, 3.8) is 0 Å². The molecule has 0 amide bonds. The van der Waals surface area contributed by atoms with Gasteiger partial charge in [-0.3, -0.25) is 0 Å². The molecule has 0 atom stereocenters. The van der Waals surface area contributed by atoms with Crippen LogP contribution in [0.5, 0.6) is 0 Å². The third kappa shape index (κ3) is 3.42. The van der Waals surface area contributed by atoms with E-state index in [0.717, 1.165) is 0 Å². The second-order valence-electron chi connectivity index (χ2n) is 0.680. The fourth-order valence-electron chi connectivity index (χ4n) is 0.100. The van der Waals surface area contributed by atoms with Crippen molar-refractivity contribution in [3.8, 4) is 0 Å². The van der Waals surface area contributed by atoms with Crippen LogP contribution in [0.3, 0.4) is 0 Å². The molecule has 9 heteroatoms. The molecule has 0 aromatic carbocycles. The molecule has 0 radical (unpaired) electrons. The van der Waals surface area contributed by atoms with Crippen LogP contribution in [0.2, 0.25) is 0 Å². The van der Waals surface area contributed by atoms with E-state index in [1.54, 1.807) is 0 Å². The minimum atomic E-state index is -0.183. The van der Waals surface area contributed by atoms with Gasteiger partial charge in [0.2, 0.25) is 0 Å². The zero-order valence-corrected chi connectivity index (χ0v) is 4.00. The molecule has 0 bridgehead atoms. The maximum atomic E-state index is 7.64. The molecule has 9 nitrogen and oxygen atoms in total. The summed E-state index contributed by atoms with van der Waals surface area (Å²) in [6, 6.07) is 0. The minimum absolute atomic E-state index is 0.183. The van der Waals surface area contributed by atoms with Gasteiger partial charge in [0.1, 0.15) is 0 Å². The zero-order valence-electron chi connectivity index (χ0n) is 4.00. The van der Waals surface area contributed by atoms with Crippen molar-refractivity contribution >= 4 is 0 Å². The predicted octanol–water partition coefficient (Wildman–Crippen LogP) is 0.411. The molecule has 0 aromatic heterocycles. The van der Waals surface area contributed by atoms with Crippen LogP contribution in [-0.4, -0.2) is 15.8 Å². The Hall–Kier alpha value is -1.16. The molecule has 0 heterocycles. The van der Waals surface area contributed by atoms with Crippen molar-refractivity contribution in [2.24, 2.45) is 15.7 Å². The van der Waals surface area contributed by atoms with Crippen molar-refractivity contribution in [1.29, 1.82) is 5.53 Å². The lowest BCUT2D eigenvalue weighted by molar-refractivity contribution is -0.587. The molecule has 0 aliphatic rings. The fraction of sp³-hybridized carbons (Fsp3) is 0. The molecule has 52 valence electrons. The van der Waals surface area contributed by atoms with Crippen LogP contribution in [0.4, 0.5) is 0 Å². The molecule has 0 saturated carbocycles. The maximum absolute atomic E-state index is 7.64. The van der Waals surface area contributed by atoms with Gasteiger partial charge in [0.05, 0.1) is 5.34 Å². The molecule has 3 N–H and O–H groups in total. The first-order valence-electron chi connectivity index (χ1n) is 1.55. The van der Waals surface area contributed by atoms with Crippen LogP contribution in [0.1, 0.15) is 0 Å². The molecule has 0 saturated heterocycles. The molecular weight excluding hydrogens is 134 g/mol. The lowest BCUT2D eigenvalue weighted by Gasteiger charge is -2.00. The summed E-state index contributed by atoms with van der Waals surface area (Å²) in [5.74, 6) is 0. The summed E-state index contributed by atoms with van der Waals surface area (Å²) < 4.78 is 0. The Morgan fingerprint density at radius 1 is 1.33 bits per heavy atom. The van der Waals surface area contributed by atoms with Gasteiger partial charge >= 0.3 is 0 Å². The Labute approximate surface area is 48.3 Å². The number of nitrogens with zero attached hydrogens (tertiary/aromatic N) is 4. The standard InChI is InChI=1S/H3N5O4/c1-2-3-4-5(8-6)9-7/h1,6-7H. The monoisotopic (exact) mass is 137 g/mol. The van der Waals surface area contributed by atoms with Crippen LogP contribution >= 0.6 is 0 Å². The van der Waals surface area contributed by atoms with Gasteiger partial charge in [0.25, 0.3) is 0 Å². The quantitative estimate of drug-likeness (QED) is 0.294. The highest BCUT2D eigenvalue weighted by Gasteiger charge is 1.96. The van der Waals surface area contributed by atoms with Gasteiger partial charge in [-0.15, -0.1) is 0 Å². The Bertz CT molecular complexity index is 95.1. The van der Waals surface area contributed by atoms with Crippen molar-refractivity contribution in [1.82, 2.24) is 5.34 Å². The number of rotatable bonds is 4. The normalized spacial score (nSPS) is 10.0. The van der Waals surface area contributed by atoms with Crippen molar-refractivity contribution < 1.29 is 20.5 Å². The van der Waals surface area contributed by atoms with Crippen LogP contribution in [-0.2, 0) is 9.98 Å².